The summed E-state index contributed by atoms with van der Waals surface area (Å²) in [6, 6.07) is 10.3. The summed E-state index contributed by atoms with van der Waals surface area (Å²) in [5.74, 6) is 0.158. The second kappa shape index (κ2) is 10.9. The summed E-state index contributed by atoms with van der Waals surface area (Å²) >= 11 is 0. The molecule has 30 heavy (non-hydrogen) atoms. The second-order valence-electron chi connectivity index (χ2n) is 6.26. The standard InChI is InChI=1S/C22H28N2O6/c1-6-24(7-2)17-10-8-15(9-11-17)22(26)30-14-20(25)23-16-12-18(27-3)21(29-5)19(13-16)28-4/h8-13H,6-7,14H2,1-5H3,(H,23,25). The van der Waals surface area contributed by atoms with E-state index in [9.17, 15) is 9.59 Å². The Morgan fingerprint density at radius 1 is 0.900 bits per heavy atom. The molecule has 0 aliphatic rings. The molecule has 1 N–H and O–H groups in total. The predicted octanol–water partition coefficient (Wildman–Crippen LogP) is 3.35. The molecule has 0 heterocycles. The van der Waals surface area contributed by atoms with Gasteiger partial charge >= 0.3 is 5.97 Å². The molecule has 0 saturated heterocycles. The number of ether oxygens (including phenoxy) is 4. The number of esters is 1. The highest BCUT2D eigenvalue weighted by Gasteiger charge is 2.16. The minimum absolute atomic E-state index is 0.381. The van der Waals surface area contributed by atoms with E-state index >= 15 is 0 Å². The van der Waals surface area contributed by atoms with Crippen LogP contribution in [0.25, 0.3) is 0 Å². The lowest BCUT2D eigenvalue weighted by Gasteiger charge is -2.20. The molecule has 0 aliphatic heterocycles. The van der Waals surface area contributed by atoms with E-state index in [0.717, 1.165) is 18.8 Å². The third kappa shape index (κ3) is 5.56. The summed E-state index contributed by atoms with van der Waals surface area (Å²) in [6.45, 7) is 5.46. The smallest absolute Gasteiger partial charge is 0.338 e. The molecule has 0 aliphatic carbocycles. The Bertz CT molecular complexity index is 837. The molecule has 8 nitrogen and oxygen atoms in total. The van der Waals surface area contributed by atoms with Gasteiger partial charge in [-0.15, -0.1) is 0 Å². The fraction of sp³-hybridized carbons (Fsp3) is 0.364. The van der Waals surface area contributed by atoms with Gasteiger partial charge < -0.3 is 29.2 Å². The first kappa shape index (κ1) is 22.9. The summed E-state index contributed by atoms with van der Waals surface area (Å²) in [4.78, 5) is 26.6. The Hall–Kier alpha value is -3.42. The van der Waals surface area contributed by atoms with E-state index in [4.69, 9.17) is 18.9 Å². The molecule has 2 aromatic rings. The Morgan fingerprint density at radius 3 is 1.93 bits per heavy atom. The highest BCUT2D eigenvalue weighted by atomic mass is 16.5. The quantitative estimate of drug-likeness (QED) is 0.595. The fourth-order valence-electron chi connectivity index (χ4n) is 2.96. The molecule has 2 rings (SSSR count). The lowest BCUT2D eigenvalue weighted by atomic mass is 10.2. The molecule has 0 unspecified atom stereocenters. The number of hydrogen-bond donors (Lipinski definition) is 1. The van der Waals surface area contributed by atoms with Gasteiger partial charge in [0.25, 0.3) is 5.91 Å². The number of nitrogens with one attached hydrogen (secondary N) is 1. The number of benzene rings is 2. The van der Waals surface area contributed by atoms with Gasteiger partial charge in [-0.25, -0.2) is 4.79 Å². The average Bonchev–Trinajstić information content (AvgIpc) is 2.78. The van der Waals surface area contributed by atoms with Crippen LogP contribution in [0.2, 0.25) is 0 Å². The van der Waals surface area contributed by atoms with Crippen LogP contribution in [0, 0.1) is 0 Å². The fourth-order valence-corrected chi connectivity index (χ4v) is 2.96. The third-order valence-electron chi connectivity index (χ3n) is 4.51. The number of carbonyl (C=O) groups is 2. The Balaban J connectivity index is 1.98. The maximum absolute atomic E-state index is 12.2. The number of methoxy groups -OCH3 is 3. The van der Waals surface area contributed by atoms with Crippen molar-refractivity contribution in [1.29, 1.82) is 0 Å². The topological polar surface area (TPSA) is 86.3 Å². The average molecular weight is 416 g/mol. The van der Waals surface area contributed by atoms with E-state index in [1.807, 2.05) is 12.1 Å². The van der Waals surface area contributed by atoms with Gasteiger partial charge in [0.05, 0.1) is 26.9 Å². The van der Waals surface area contributed by atoms with Crippen LogP contribution in [-0.4, -0.2) is 52.9 Å². The van der Waals surface area contributed by atoms with Gasteiger partial charge in [-0.3, -0.25) is 4.79 Å². The normalized spacial score (nSPS) is 10.2. The number of carbonyl (C=O) groups excluding carboxylic acids is 2. The second-order valence-corrected chi connectivity index (χ2v) is 6.26. The minimum atomic E-state index is -0.568. The maximum Gasteiger partial charge on any atom is 0.338 e. The summed E-state index contributed by atoms with van der Waals surface area (Å²) in [5, 5.41) is 2.65. The first-order valence-corrected chi connectivity index (χ1v) is 9.59. The van der Waals surface area contributed by atoms with Crippen molar-refractivity contribution < 1.29 is 28.5 Å². The molecule has 0 fully saturated rings. The lowest BCUT2D eigenvalue weighted by molar-refractivity contribution is -0.119. The number of amides is 1. The third-order valence-corrected chi connectivity index (χ3v) is 4.51. The molecule has 0 spiro atoms. The van der Waals surface area contributed by atoms with Crippen LogP contribution in [0.15, 0.2) is 36.4 Å². The van der Waals surface area contributed by atoms with Crippen molar-refractivity contribution in [3.05, 3.63) is 42.0 Å². The Morgan fingerprint density at radius 2 is 1.47 bits per heavy atom. The van der Waals surface area contributed by atoms with Crippen LogP contribution < -0.4 is 24.4 Å². The SMILES string of the molecule is CCN(CC)c1ccc(C(=O)OCC(=O)Nc2cc(OC)c(OC)c(OC)c2)cc1. The maximum atomic E-state index is 12.2. The van der Waals surface area contributed by atoms with E-state index in [1.165, 1.54) is 21.3 Å². The van der Waals surface area contributed by atoms with Crippen molar-refractivity contribution in [3.8, 4) is 17.2 Å². The van der Waals surface area contributed by atoms with Crippen molar-refractivity contribution in [2.75, 3.05) is 51.2 Å². The number of anilines is 2. The van der Waals surface area contributed by atoms with Crippen molar-refractivity contribution in [1.82, 2.24) is 0 Å². The van der Waals surface area contributed by atoms with Gasteiger partial charge in [0, 0.05) is 36.6 Å². The van der Waals surface area contributed by atoms with E-state index in [0.29, 0.717) is 28.5 Å². The molecule has 0 saturated carbocycles. The van der Waals surface area contributed by atoms with E-state index in [1.54, 1.807) is 24.3 Å². The molecule has 8 heteroatoms. The van der Waals surface area contributed by atoms with Gasteiger partial charge in [-0.05, 0) is 38.1 Å². The zero-order valence-electron chi connectivity index (χ0n) is 18.0. The van der Waals surface area contributed by atoms with Crippen LogP contribution in [0.5, 0.6) is 17.2 Å². The molecule has 0 aromatic heterocycles. The van der Waals surface area contributed by atoms with Crippen LogP contribution in [0.3, 0.4) is 0 Å². The van der Waals surface area contributed by atoms with Gasteiger partial charge in [0.2, 0.25) is 5.75 Å². The van der Waals surface area contributed by atoms with E-state index in [2.05, 4.69) is 24.1 Å². The van der Waals surface area contributed by atoms with Crippen LogP contribution in [-0.2, 0) is 9.53 Å². The molecular weight excluding hydrogens is 388 g/mol. The summed E-state index contributed by atoms with van der Waals surface area (Å²) in [7, 11) is 4.46. The first-order chi connectivity index (χ1) is 14.5. The first-order valence-electron chi connectivity index (χ1n) is 9.59. The predicted molar refractivity (Wildman–Crippen MR) is 115 cm³/mol. The molecule has 1 amide bonds. The van der Waals surface area contributed by atoms with Gasteiger partial charge in [-0.2, -0.15) is 0 Å². The van der Waals surface area contributed by atoms with Gasteiger partial charge in [0.15, 0.2) is 18.1 Å². The number of nitrogens with zero attached hydrogens (tertiary/aromatic N) is 1. The summed E-state index contributed by atoms with van der Waals surface area (Å²) < 4.78 is 20.9. The molecule has 2 aromatic carbocycles. The van der Waals surface area contributed by atoms with E-state index < -0.39 is 18.5 Å². The Kier molecular flexibility index (Phi) is 8.34. The number of hydrogen-bond acceptors (Lipinski definition) is 7. The molecular formula is C22H28N2O6. The highest BCUT2D eigenvalue weighted by molar-refractivity contribution is 5.96. The van der Waals surface area contributed by atoms with Crippen LogP contribution in [0.1, 0.15) is 24.2 Å². The lowest BCUT2D eigenvalue weighted by Crippen LogP contribution is -2.22. The van der Waals surface area contributed by atoms with Gasteiger partial charge in [0.1, 0.15) is 0 Å². The van der Waals surface area contributed by atoms with Crippen molar-refractivity contribution >= 4 is 23.3 Å². The van der Waals surface area contributed by atoms with Crippen LogP contribution >= 0.6 is 0 Å². The van der Waals surface area contributed by atoms with Gasteiger partial charge in [-0.1, -0.05) is 0 Å². The number of rotatable bonds is 10. The summed E-state index contributed by atoms with van der Waals surface area (Å²) in [5.41, 5.74) is 1.83. The molecule has 162 valence electrons. The monoisotopic (exact) mass is 416 g/mol. The zero-order chi connectivity index (χ0) is 22.1. The van der Waals surface area contributed by atoms with Crippen molar-refractivity contribution in [2.45, 2.75) is 13.8 Å². The van der Waals surface area contributed by atoms with Crippen LogP contribution in [0.4, 0.5) is 11.4 Å². The van der Waals surface area contributed by atoms with Crippen molar-refractivity contribution in [3.63, 3.8) is 0 Å². The Labute approximate surface area is 176 Å². The van der Waals surface area contributed by atoms with E-state index in [-0.39, 0.29) is 0 Å². The molecule has 0 atom stereocenters. The zero-order valence-corrected chi connectivity index (χ0v) is 18.0. The van der Waals surface area contributed by atoms with Crippen molar-refractivity contribution in [2.24, 2.45) is 0 Å². The summed E-state index contributed by atoms with van der Waals surface area (Å²) in [6.07, 6.45) is 0. The largest absolute Gasteiger partial charge is 0.493 e. The highest BCUT2D eigenvalue weighted by Crippen LogP contribution is 2.39. The molecule has 0 radical (unpaired) electrons. The minimum Gasteiger partial charge on any atom is -0.493 e. The molecule has 0 bridgehead atoms.